The van der Waals surface area contributed by atoms with Gasteiger partial charge in [-0.1, -0.05) is 11.6 Å². The number of carbonyl (C=O) groups excluding carboxylic acids is 1. The normalized spacial score (nSPS) is 14.2. The van der Waals surface area contributed by atoms with E-state index in [0.29, 0.717) is 10.7 Å². The smallest absolute Gasteiger partial charge is 0.274 e. The van der Waals surface area contributed by atoms with Gasteiger partial charge in [-0.05, 0) is 37.1 Å². The fourth-order valence-electron chi connectivity index (χ4n) is 2.32. The Morgan fingerprint density at radius 2 is 2.00 bits per heavy atom. The van der Waals surface area contributed by atoms with Crippen molar-refractivity contribution in [3.05, 3.63) is 47.4 Å². The Balaban J connectivity index is 1.68. The maximum Gasteiger partial charge on any atom is 0.274 e. The van der Waals surface area contributed by atoms with Crippen LogP contribution in [0.1, 0.15) is 23.3 Å². The van der Waals surface area contributed by atoms with Gasteiger partial charge in [-0.25, -0.2) is 4.98 Å². The van der Waals surface area contributed by atoms with Gasteiger partial charge in [-0.3, -0.25) is 9.78 Å². The molecule has 2 aromatic heterocycles. The van der Waals surface area contributed by atoms with Gasteiger partial charge in [0.15, 0.2) is 0 Å². The average Bonchev–Trinajstić information content (AvgIpc) is 3.02. The molecule has 3 rings (SSSR count). The molecule has 0 saturated carbocycles. The van der Waals surface area contributed by atoms with E-state index in [2.05, 4.69) is 20.2 Å². The average molecular weight is 303 g/mol. The van der Waals surface area contributed by atoms with E-state index in [0.717, 1.165) is 18.9 Å². The van der Waals surface area contributed by atoms with Crippen molar-refractivity contribution in [1.29, 1.82) is 0 Å². The van der Waals surface area contributed by atoms with Gasteiger partial charge in [-0.15, -0.1) is 0 Å². The first-order valence-corrected chi connectivity index (χ1v) is 7.24. The Kier molecular flexibility index (Phi) is 4.01. The zero-order valence-electron chi connectivity index (χ0n) is 11.4. The van der Waals surface area contributed by atoms with Crippen molar-refractivity contribution in [2.75, 3.05) is 23.3 Å². The Morgan fingerprint density at radius 1 is 1.19 bits per heavy atom. The molecule has 21 heavy (non-hydrogen) atoms. The molecule has 0 radical (unpaired) electrons. The molecule has 1 aliphatic rings. The standard InChI is InChI=1S/C15H15ClN4O/c16-11-5-6-17-13(9-11)15(21)19-12-3-4-14(18-10-12)20-7-1-2-8-20/h3-6,9-10H,1-2,7-8H2,(H,19,21). The van der Waals surface area contributed by atoms with Gasteiger partial charge in [0.25, 0.3) is 5.91 Å². The summed E-state index contributed by atoms with van der Waals surface area (Å²) in [5.41, 5.74) is 0.927. The largest absolute Gasteiger partial charge is 0.357 e. The van der Waals surface area contributed by atoms with E-state index in [1.807, 2.05) is 12.1 Å². The summed E-state index contributed by atoms with van der Waals surface area (Å²) in [6, 6.07) is 6.93. The molecule has 108 valence electrons. The number of anilines is 2. The van der Waals surface area contributed by atoms with E-state index in [4.69, 9.17) is 11.6 Å². The lowest BCUT2D eigenvalue weighted by atomic mass is 10.3. The minimum Gasteiger partial charge on any atom is -0.357 e. The van der Waals surface area contributed by atoms with Crippen molar-refractivity contribution >= 4 is 29.0 Å². The van der Waals surface area contributed by atoms with Crippen molar-refractivity contribution in [2.45, 2.75) is 12.8 Å². The predicted octanol–water partition coefficient (Wildman–Crippen LogP) is 2.98. The first kappa shape index (κ1) is 13.8. The maximum absolute atomic E-state index is 12.0. The highest BCUT2D eigenvalue weighted by Gasteiger charge is 2.13. The number of rotatable bonds is 3. The number of amides is 1. The number of nitrogens with one attached hydrogen (secondary N) is 1. The number of aromatic nitrogens is 2. The predicted molar refractivity (Wildman–Crippen MR) is 82.9 cm³/mol. The van der Waals surface area contributed by atoms with E-state index >= 15 is 0 Å². The molecule has 0 unspecified atom stereocenters. The summed E-state index contributed by atoms with van der Waals surface area (Å²) in [5.74, 6) is 0.652. The molecule has 0 bridgehead atoms. The van der Waals surface area contributed by atoms with Crippen LogP contribution in [-0.4, -0.2) is 29.0 Å². The highest BCUT2D eigenvalue weighted by molar-refractivity contribution is 6.30. The van der Waals surface area contributed by atoms with Crippen LogP contribution in [0.3, 0.4) is 0 Å². The second kappa shape index (κ2) is 6.10. The molecule has 2 aromatic rings. The summed E-state index contributed by atoms with van der Waals surface area (Å²) in [7, 11) is 0. The number of halogens is 1. The summed E-state index contributed by atoms with van der Waals surface area (Å²) in [6.07, 6.45) is 5.59. The van der Waals surface area contributed by atoms with Crippen molar-refractivity contribution in [3.63, 3.8) is 0 Å². The SMILES string of the molecule is O=C(Nc1ccc(N2CCCC2)nc1)c1cc(Cl)ccn1. The van der Waals surface area contributed by atoms with E-state index < -0.39 is 0 Å². The van der Waals surface area contributed by atoms with Crippen LogP contribution in [-0.2, 0) is 0 Å². The third-order valence-electron chi connectivity index (χ3n) is 3.39. The minimum atomic E-state index is -0.298. The summed E-state index contributed by atoms with van der Waals surface area (Å²) in [4.78, 5) is 22.7. The van der Waals surface area contributed by atoms with Crippen molar-refractivity contribution in [3.8, 4) is 0 Å². The van der Waals surface area contributed by atoms with Crippen LogP contribution in [0, 0.1) is 0 Å². The van der Waals surface area contributed by atoms with Crippen LogP contribution < -0.4 is 10.2 Å². The molecule has 5 nitrogen and oxygen atoms in total. The highest BCUT2D eigenvalue weighted by atomic mass is 35.5. The Bertz CT molecular complexity index is 638. The lowest BCUT2D eigenvalue weighted by molar-refractivity contribution is 0.102. The van der Waals surface area contributed by atoms with Gasteiger partial charge in [0.1, 0.15) is 11.5 Å². The van der Waals surface area contributed by atoms with E-state index in [1.165, 1.54) is 25.1 Å². The van der Waals surface area contributed by atoms with Gasteiger partial charge in [0.2, 0.25) is 0 Å². The molecule has 1 N–H and O–H groups in total. The van der Waals surface area contributed by atoms with E-state index in [-0.39, 0.29) is 11.6 Å². The van der Waals surface area contributed by atoms with Gasteiger partial charge in [0, 0.05) is 24.3 Å². The highest BCUT2D eigenvalue weighted by Crippen LogP contribution is 2.19. The van der Waals surface area contributed by atoms with Crippen LogP contribution >= 0.6 is 11.6 Å². The third kappa shape index (κ3) is 3.31. The topological polar surface area (TPSA) is 58.1 Å². The Hall–Kier alpha value is -2.14. The van der Waals surface area contributed by atoms with Crippen molar-refractivity contribution < 1.29 is 4.79 Å². The number of hydrogen-bond donors (Lipinski definition) is 1. The van der Waals surface area contributed by atoms with Gasteiger partial charge >= 0.3 is 0 Å². The number of nitrogens with zero attached hydrogens (tertiary/aromatic N) is 3. The first-order valence-electron chi connectivity index (χ1n) is 6.86. The third-order valence-corrected chi connectivity index (χ3v) is 3.63. The van der Waals surface area contributed by atoms with E-state index in [9.17, 15) is 4.79 Å². The lowest BCUT2D eigenvalue weighted by Crippen LogP contribution is -2.19. The lowest BCUT2D eigenvalue weighted by Gasteiger charge is -2.16. The summed E-state index contributed by atoms with van der Waals surface area (Å²) >= 11 is 5.85. The van der Waals surface area contributed by atoms with Crippen LogP contribution in [0.5, 0.6) is 0 Å². The van der Waals surface area contributed by atoms with Crippen LogP contribution in [0.25, 0.3) is 0 Å². The van der Waals surface area contributed by atoms with Gasteiger partial charge in [-0.2, -0.15) is 0 Å². The second-order valence-corrected chi connectivity index (χ2v) is 5.35. The molecule has 0 atom stereocenters. The molecule has 1 saturated heterocycles. The Morgan fingerprint density at radius 3 is 2.67 bits per heavy atom. The molecule has 0 spiro atoms. The monoisotopic (exact) mass is 302 g/mol. The number of hydrogen-bond acceptors (Lipinski definition) is 4. The molecule has 0 aromatic carbocycles. The molecular weight excluding hydrogens is 288 g/mol. The quantitative estimate of drug-likeness (QED) is 0.947. The summed E-state index contributed by atoms with van der Waals surface area (Å²) in [5, 5.41) is 3.25. The van der Waals surface area contributed by atoms with Crippen LogP contribution in [0.2, 0.25) is 5.02 Å². The number of pyridine rings is 2. The molecule has 6 heteroatoms. The second-order valence-electron chi connectivity index (χ2n) is 4.91. The molecule has 3 heterocycles. The summed E-state index contributed by atoms with van der Waals surface area (Å²) in [6.45, 7) is 2.09. The van der Waals surface area contributed by atoms with Crippen LogP contribution in [0.15, 0.2) is 36.7 Å². The molecule has 1 aliphatic heterocycles. The maximum atomic E-state index is 12.0. The van der Waals surface area contributed by atoms with E-state index in [1.54, 1.807) is 12.3 Å². The minimum absolute atomic E-state index is 0.283. The van der Waals surface area contributed by atoms with Crippen molar-refractivity contribution in [2.24, 2.45) is 0 Å². The zero-order chi connectivity index (χ0) is 14.7. The number of carbonyl (C=O) groups is 1. The fraction of sp³-hybridized carbons (Fsp3) is 0.267. The molecule has 1 fully saturated rings. The zero-order valence-corrected chi connectivity index (χ0v) is 12.2. The fourth-order valence-corrected chi connectivity index (χ4v) is 2.48. The molecular formula is C15H15ClN4O. The Labute approximate surface area is 128 Å². The molecule has 0 aliphatic carbocycles. The van der Waals surface area contributed by atoms with Crippen LogP contribution in [0.4, 0.5) is 11.5 Å². The van der Waals surface area contributed by atoms with Gasteiger partial charge < -0.3 is 10.2 Å². The van der Waals surface area contributed by atoms with Crippen molar-refractivity contribution in [1.82, 2.24) is 9.97 Å². The molecule has 1 amide bonds. The first-order chi connectivity index (χ1) is 10.2. The van der Waals surface area contributed by atoms with Gasteiger partial charge in [0.05, 0.1) is 11.9 Å². The summed E-state index contributed by atoms with van der Waals surface area (Å²) < 4.78 is 0.